The van der Waals surface area contributed by atoms with Crippen molar-refractivity contribution in [2.45, 2.75) is 12.6 Å². The molecule has 0 radical (unpaired) electrons. The molecule has 5 rings (SSSR count). The Kier molecular flexibility index (Phi) is 6.97. The van der Waals surface area contributed by atoms with E-state index in [2.05, 4.69) is 26.5 Å². The Balaban J connectivity index is 1.27. The fraction of sp³-hybridized carbons (Fsp3) is 0.385. The van der Waals surface area contributed by atoms with Crippen LogP contribution in [0.1, 0.15) is 17.2 Å². The second-order valence-electron chi connectivity index (χ2n) is 8.93. The lowest BCUT2D eigenvalue weighted by Crippen LogP contribution is -2.51. The maximum Gasteiger partial charge on any atom is 0.338 e. The number of benzene rings is 2. The highest BCUT2D eigenvalue weighted by Gasteiger charge is 2.34. The third kappa shape index (κ3) is 5.09. The number of esters is 1. The molecule has 2 aromatic rings. The minimum absolute atomic E-state index is 0.270. The van der Waals surface area contributed by atoms with Crippen molar-refractivity contribution in [1.82, 2.24) is 20.4 Å². The van der Waals surface area contributed by atoms with Gasteiger partial charge in [0.15, 0.2) is 11.5 Å². The monoisotopic (exact) mass is 494 g/mol. The van der Waals surface area contributed by atoms with Crippen LogP contribution in [0, 0.1) is 0 Å². The molecule has 190 valence electrons. The van der Waals surface area contributed by atoms with Gasteiger partial charge in [0.05, 0.1) is 25.8 Å². The first-order valence-corrected chi connectivity index (χ1v) is 11.9. The van der Waals surface area contributed by atoms with Gasteiger partial charge < -0.3 is 29.6 Å². The zero-order chi connectivity index (χ0) is 25.1. The average molecular weight is 495 g/mol. The van der Waals surface area contributed by atoms with Crippen LogP contribution in [0.15, 0.2) is 53.7 Å². The summed E-state index contributed by atoms with van der Waals surface area (Å²) >= 11 is 0. The number of hydrogen-bond donors (Lipinski definition) is 2. The minimum atomic E-state index is -0.612. The zero-order valence-electron chi connectivity index (χ0n) is 20.4. The summed E-state index contributed by atoms with van der Waals surface area (Å²) in [6, 6.07) is 12.4. The van der Waals surface area contributed by atoms with Gasteiger partial charge in [-0.05, 0) is 35.4 Å². The van der Waals surface area contributed by atoms with Gasteiger partial charge in [0.25, 0.3) is 0 Å². The molecule has 0 spiro atoms. The van der Waals surface area contributed by atoms with Gasteiger partial charge in [-0.15, -0.1) is 0 Å². The third-order valence-corrected chi connectivity index (χ3v) is 6.70. The Hall–Kier alpha value is -3.76. The maximum atomic E-state index is 12.8. The van der Waals surface area contributed by atoms with Gasteiger partial charge in [0, 0.05) is 45.0 Å². The Bertz CT molecular complexity index is 1160. The standard InChI is InChI=1S/C26H30N4O6/c1-33-19-6-4-18(5-7-19)24-23(25(31)34-2)20(27-26(32)28-24)15-30-11-9-29(10-12-30)14-17-3-8-21-22(13-17)36-16-35-21/h3-8,13,24H,9-12,14-16H2,1-2H3,(H2,27,28,32)/t24-/m0/s1. The molecule has 0 saturated carbocycles. The van der Waals surface area contributed by atoms with E-state index >= 15 is 0 Å². The Morgan fingerprint density at radius 3 is 2.36 bits per heavy atom. The Labute approximate surface area is 209 Å². The second-order valence-corrected chi connectivity index (χ2v) is 8.93. The molecule has 10 nitrogen and oxygen atoms in total. The predicted octanol–water partition coefficient (Wildman–Crippen LogP) is 2.02. The number of ether oxygens (including phenoxy) is 4. The van der Waals surface area contributed by atoms with E-state index in [-0.39, 0.29) is 12.8 Å². The lowest BCUT2D eigenvalue weighted by Gasteiger charge is -2.37. The quantitative estimate of drug-likeness (QED) is 0.564. The molecule has 0 aliphatic carbocycles. The van der Waals surface area contributed by atoms with E-state index in [9.17, 15) is 9.59 Å². The molecule has 36 heavy (non-hydrogen) atoms. The number of carbonyl (C=O) groups is 2. The largest absolute Gasteiger partial charge is 0.497 e. The smallest absolute Gasteiger partial charge is 0.338 e. The van der Waals surface area contributed by atoms with Crippen LogP contribution >= 0.6 is 0 Å². The van der Waals surface area contributed by atoms with Gasteiger partial charge in [-0.1, -0.05) is 18.2 Å². The van der Waals surface area contributed by atoms with Crippen LogP contribution in [0.25, 0.3) is 0 Å². The number of methoxy groups -OCH3 is 2. The first-order chi connectivity index (χ1) is 17.5. The van der Waals surface area contributed by atoms with Crippen LogP contribution in [0.2, 0.25) is 0 Å². The van der Waals surface area contributed by atoms with Crippen molar-refractivity contribution >= 4 is 12.0 Å². The number of hydrogen-bond acceptors (Lipinski definition) is 8. The van der Waals surface area contributed by atoms with Crippen LogP contribution in [-0.2, 0) is 16.1 Å². The summed E-state index contributed by atoms with van der Waals surface area (Å²) in [6.45, 7) is 4.88. The van der Waals surface area contributed by atoms with Crippen molar-refractivity contribution < 1.29 is 28.5 Å². The number of amides is 2. The number of rotatable bonds is 7. The maximum absolute atomic E-state index is 12.8. The van der Waals surface area contributed by atoms with E-state index in [0.29, 0.717) is 23.6 Å². The highest BCUT2D eigenvalue weighted by Crippen LogP contribution is 2.33. The van der Waals surface area contributed by atoms with E-state index in [4.69, 9.17) is 18.9 Å². The van der Waals surface area contributed by atoms with Crippen molar-refractivity contribution in [2.75, 3.05) is 53.7 Å². The molecule has 0 aromatic heterocycles. The molecule has 2 amide bonds. The minimum Gasteiger partial charge on any atom is -0.497 e. The van der Waals surface area contributed by atoms with Crippen molar-refractivity contribution in [3.05, 3.63) is 64.9 Å². The second kappa shape index (κ2) is 10.5. The van der Waals surface area contributed by atoms with Gasteiger partial charge in [-0.25, -0.2) is 9.59 Å². The molecule has 1 fully saturated rings. The topological polar surface area (TPSA) is 102 Å². The fourth-order valence-electron chi connectivity index (χ4n) is 4.77. The molecule has 0 bridgehead atoms. The van der Waals surface area contributed by atoms with E-state index in [1.807, 2.05) is 24.3 Å². The summed E-state index contributed by atoms with van der Waals surface area (Å²) < 4.78 is 21.2. The SMILES string of the molecule is COC(=O)C1=C(CN2CCN(Cc3ccc4c(c3)OCO4)CC2)NC(=O)N[C@H]1c1ccc(OC)cc1. The molecule has 0 unspecified atom stereocenters. The van der Waals surface area contributed by atoms with Crippen molar-refractivity contribution in [1.29, 1.82) is 0 Å². The first kappa shape index (κ1) is 24.0. The molecule has 10 heteroatoms. The highest BCUT2D eigenvalue weighted by molar-refractivity contribution is 5.95. The lowest BCUT2D eigenvalue weighted by atomic mass is 9.95. The molecular weight excluding hydrogens is 464 g/mol. The van der Waals surface area contributed by atoms with Crippen LogP contribution in [0.3, 0.4) is 0 Å². The molecule has 3 heterocycles. The summed E-state index contributed by atoms with van der Waals surface area (Å²) in [6.07, 6.45) is 0. The Morgan fingerprint density at radius 1 is 0.972 bits per heavy atom. The first-order valence-electron chi connectivity index (χ1n) is 11.9. The van der Waals surface area contributed by atoms with Gasteiger partial charge in [-0.3, -0.25) is 9.80 Å². The van der Waals surface area contributed by atoms with E-state index in [1.54, 1.807) is 19.2 Å². The third-order valence-electron chi connectivity index (χ3n) is 6.70. The lowest BCUT2D eigenvalue weighted by molar-refractivity contribution is -0.136. The summed E-state index contributed by atoms with van der Waals surface area (Å²) in [5.41, 5.74) is 2.93. The summed E-state index contributed by atoms with van der Waals surface area (Å²) in [5, 5.41) is 5.71. The zero-order valence-corrected chi connectivity index (χ0v) is 20.4. The molecule has 3 aliphatic heterocycles. The molecule has 2 N–H and O–H groups in total. The van der Waals surface area contributed by atoms with Gasteiger partial charge in [0.1, 0.15) is 5.75 Å². The van der Waals surface area contributed by atoms with Gasteiger partial charge in [0.2, 0.25) is 6.79 Å². The number of piperazine rings is 1. The van der Waals surface area contributed by atoms with Crippen LogP contribution in [0.5, 0.6) is 17.2 Å². The Morgan fingerprint density at radius 2 is 1.67 bits per heavy atom. The normalized spacial score (nSPS) is 20.1. The average Bonchev–Trinajstić information content (AvgIpc) is 3.37. The number of nitrogens with zero attached hydrogens (tertiary/aromatic N) is 2. The van der Waals surface area contributed by atoms with E-state index in [0.717, 1.165) is 49.8 Å². The van der Waals surface area contributed by atoms with Crippen molar-refractivity contribution in [3.8, 4) is 17.2 Å². The van der Waals surface area contributed by atoms with Gasteiger partial charge >= 0.3 is 12.0 Å². The molecule has 2 aromatic carbocycles. The summed E-state index contributed by atoms with van der Waals surface area (Å²) in [4.78, 5) is 30.0. The number of carbonyl (C=O) groups excluding carboxylic acids is 2. The van der Waals surface area contributed by atoms with Crippen LogP contribution in [-0.4, -0.2) is 75.5 Å². The molecule has 1 saturated heterocycles. The summed E-state index contributed by atoms with van der Waals surface area (Å²) in [7, 11) is 2.94. The number of nitrogens with one attached hydrogen (secondary N) is 2. The molecule has 3 aliphatic rings. The van der Waals surface area contributed by atoms with Crippen molar-refractivity contribution in [3.63, 3.8) is 0 Å². The fourth-order valence-corrected chi connectivity index (χ4v) is 4.77. The van der Waals surface area contributed by atoms with Gasteiger partial charge in [-0.2, -0.15) is 0 Å². The molecular formula is C26H30N4O6. The molecule has 1 atom stereocenters. The van der Waals surface area contributed by atoms with Crippen LogP contribution < -0.4 is 24.8 Å². The van der Waals surface area contributed by atoms with E-state index in [1.165, 1.54) is 12.7 Å². The predicted molar refractivity (Wildman–Crippen MR) is 131 cm³/mol. The number of fused-ring (bicyclic) bond motifs is 1. The summed E-state index contributed by atoms with van der Waals surface area (Å²) in [5.74, 6) is 1.80. The van der Waals surface area contributed by atoms with Crippen LogP contribution in [0.4, 0.5) is 4.79 Å². The number of urea groups is 1. The van der Waals surface area contributed by atoms with Crippen molar-refractivity contribution in [2.24, 2.45) is 0 Å². The highest BCUT2D eigenvalue weighted by atomic mass is 16.7. The van der Waals surface area contributed by atoms with E-state index < -0.39 is 12.0 Å².